The molecule has 2 aliphatic heterocycles. The summed E-state index contributed by atoms with van der Waals surface area (Å²) < 4.78 is 5.27. The molecule has 0 N–H and O–H groups in total. The highest BCUT2D eigenvalue weighted by Gasteiger charge is 2.60. The molecule has 2 aliphatic rings. The van der Waals surface area contributed by atoms with Gasteiger partial charge in [0, 0.05) is 6.07 Å². The van der Waals surface area contributed by atoms with Crippen LogP contribution in [0.5, 0.6) is 5.75 Å². The molecule has 0 radical (unpaired) electrons. The number of imide groups is 1. The summed E-state index contributed by atoms with van der Waals surface area (Å²) in [6, 6.07) is 24.1. The van der Waals surface area contributed by atoms with Gasteiger partial charge in [-0.3, -0.25) is 14.4 Å². The maximum Gasteiger partial charge on any atom is 0.266 e. The molecule has 2 amide bonds. The number of methoxy groups -OCH3 is 1. The van der Waals surface area contributed by atoms with E-state index in [0.29, 0.717) is 11.4 Å². The molecule has 3 aromatic rings. The first kappa shape index (κ1) is 19.3. The lowest BCUT2D eigenvalue weighted by atomic mass is 9.90. The predicted molar refractivity (Wildman–Crippen MR) is 117 cm³/mol. The van der Waals surface area contributed by atoms with E-state index >= 15 is 0 Å². The molecule has 6 nitrogen and oxygen atoms in total. The zero-order valence-corrected chi connectivity index (χ0v) is 17.3. The number of fused-ring (bicyclic) bond motifs is 1. The molecule has 0 saturated carbocycles. The van der Waals surface area contributed by atoms with Crippen LogP contribution >= 0.6 is 0 Å². The second-order valence-corrected chi connectivity index (χ2v) is 7.78. The number of ether oxygens (including phenoxy) is 1. The van der Waals surface area contributed by atoms with E-state index in [9.17, 15) is 9.59 Å². The Balaban J connectivity index is 1.57. The molecule has 0 aliphatic carbocycles. The SMILES string of the molecule is COc1cccc(N2C(=O)[C@H]3[C@H](ON(c4ccccc4)[C@H]3c3ccc(C)cc3)C2=O)c1. The van der Waals surface area contributed by atoms with Crippen molar-refractivity contribution in [2.45, 2.75) is 19.1 Å². The standard InChI is InChI=1S/C25H22N2O4/c1-16-11-13-17(14-12-16)22-21-23(31-27(22)18-7-4-3-5-8-18)25(29)26(24(21)28)19-9-6-10-20(15-19)30-2/h3-15,21-23H,1-2H3/t21-,22+,23+/m1/s1. The Labute approximate surface area is 180 Å². The molecule has 2 heterocycles. The van der Waals surface area contributed by atoms with Crippen LogP contribution in [0.25, 0.3) is 0 Å². The Kier molecular flexibility index (Phi) is 4.71. The van der Waals surface area contributed by atoms with Gasteiger partial charge in [-0.25, -0.2) is 9.96 Å². The zero-order valence-electron chi connectivity index (χ0n) is 17.3. The number of aryl methyl sites for hydroxylation is 1. The molecule has 2 fully saturated rings. The van der Waals surface area contributed by atoms with E-state index in [1.807, 2.05) is 61.5 Å². The summed E-state index contributed by atoms with van der Waals surface area (Å²) in [5, 5.41) is 1.71. The van der Waals surface area contributed by atoms with Crippen molar-refractivity contribution in [1.82, 2.24) is 0 Å². The third kappa shape index (κ3) is 3.16. The van der Waals surface area contributed by atoms with Gasteiger partial charge in [0.05, 0.1) is 24.5 Å². The number of para-hydroxylation sites is 1. The fourth-order valence-corrected chi connectivity index (χ4v) is 4.32. The van der Waals surface area contributed by atoms with Gasteiger partial charge in [-0.15, -0.1) is 0 Å². The van der Waals surface area contributed by atoms with Crippen molar-refractivity contribution in [3.05, 3.63) is 90.0 Å². The van der Waals surface area contributed by atoms with E-state index in [-0.39, 0.29) is 11.8 Å². The second kappa shape index (κ2) is 7.56. The fraction of sp³-hybridized carbons (Fsp3) is 0.200. The van der Waals surface area contributed by atoms with Gasteiger partial charge in [0.2, 0.25) is 5.91 Å². The average Bonchev–Trinajstić information content (AvgIpc) is 3.31. The Morgan fingerprint density at radius 2 is 1.55 bits per heavy atom. The van der Waals surface area contributed by atoms with Crippen LogP contribution in [-0.2, 0) is 14.4 Å². The minimum absolute atomic E-state index is 0.271. The van der Waals surface area contributed by atoms with Gasteiger partial charge < -0.3 is 4.74 Å². The van der Waals surface area contributed by atoms with Crippen molar-refractivity contribution in [2.75, 3.05) is 17.1 Å². The fourth-order valence-electron chi connectivity index (χ4n) is 4.32. The monoisotopic (exact) mass is 414 g/mol. The van der Waals surface area contributed by atoms with E-state index in [4.69, 9.17) is 9.57 Å². The summed E-state index contributed by atoms with van der Waals surface area (Å²) in [6.45, 7) is 2.02. The first-order valence-electron chi connectivity index (χ1n) is 10.2. The van der Waals surface area contributed by atoms with Crippen molar-refractivity contribution in [2.24, 2.45) is 5.92 Å². The van der Waals surface area contributed by atoms with Crippen LogP contribution in [0.3, 0.4) is 0 Å². The van der Waals surface area contributed by atoms with Crippen molar-refractivity contribution >= 4 is 23.2 Å². The summed E-state index contributed by atoms with van der Waals surface area (Å²) in [7, 11) is 1.55. The number of benzene rings is 3. The molecule has 6 heteroatoms. The molecule has 0 bridgehead atoms. The van der Waals surface area contributed by atoms with Crippen molar-refractivity contribution in [3.63, 3.8) is 0 Å². The lowest BCUT2D eigenvalue weighted by molar-refractivity contribution is -0.126. The number of anilines is 2. The second-order valence-electron chi connectivity index (χ2n) is 7.78. The van der Waals surface area contributed by atoms with Gasteiger partial charge in [0.25, 0.3) is 5.91 Å². The van der Waals surface area contributed by atoms with Crippen LogP contribution in [-0.4, -0.2) is 25.0 Å². The maximum atomic E-state index is 13.6. The Hall–Kier alpha value is -3.64. The number of amides is 2. The van der Waals surface area contributed by atoms with Gasteiger partial charge in [-0.2, -0.15) is 0 Å². The number of hydrogen-bond donors (Lipinski definition) is 0. The predicted octanol–water partition coefficient (Wildman–Crippen LogP) is 4.05. The summed E-state index contributed by atoms with van der Waals surface area (Å²) in [6.07, 6.45) is -0.884. The van der Waals surface area contributed by atoms with E-state index in [2.05, 4.69) is 0 Å². The number of nitrogens with zero attached hydrogens (tertiary/aromatic N) is 2. The average molecular weight is 414 g/mol. The summed E-state index contributed by atoms with van der Waals surface area (Å²) in [4.78, 5) is 34.3. The smallest absolute Gasteiger partial charge is 0.266 e. The zero-order chi connectivity index (χ0) is 21.5. The molecule has 0 unspecified atom stereocenters. The van der Waals surface area contributed by atoms with Crippen molar-refractivity contribution in [1.29, 1.82) is 0 Å². The van der Waals surface area contributed by atoms with Gasteiger partial charge in [-0.1, -0.05) is 54.1 Å². The third-order valence-corrected chi connectivity index (χ3v) is 5.86. The first-order chi connectivity index (χ1) is 15.1. The Bertz CT molecular complexity index is 1130. The quantitative estimate of drug-likeness (QED) is 0.603. The van der Waals surface area contributed by atoms with Crippen LogP contribution in [0.4, 0.5) is 11.4 Å². The number of hydroxylamine groups is 1. The van der Waals surface area contributed by atoms with Gasteiger partial charge in [-0.05, 0) is 36.8 Å². The lowest BCUT2D eigenvalue weighted by Gasteiger charge is -2.28. The number of carbonyl (C=O) groups is 2. The summed E-state index contributed by atoms with van der Waals surface area (Å²) in [5.41, 5.74) is 3.34. The number of rotatable bonds is 4. The summed E-state index contributed by atoms with van der Waals surface area (Å²) >= 11 is 0. The Morgan fingerprint density at radius 3 is 2.26 bits per heavy atom. The van der Waals surface area contributed by atoms with Crippen molar-refractivity contribution in [3.8, 4) is 5.75 Å². The van der Waals surface area contributed by atoms with Crippen LogP contribution < -0.4 is 14.7 Å². The van der Waals surface area contributed by atoms with E-state index in [0.717, 1.165) is 16.8 Å². The molecule has 0 aromatic heterocycles. The van der Waals surface area contributed by atoms with E-state index in [1.165, 1.54) is 4.90 Å². The molecule has 3 atom stereocenters. The van der Waals surface area contributed by atoms with Gasteiger partial charge in [0.15, 0.2) is 6.10 Å². The van der Waals surface area contributed by atoms with Crippen LogP contribution in [0.2, 0.25) is 0 Å². The van der Waals surface area contributed by atoms with Gasteiger partial charge >= 0.3 is 0 Å². The molecule has 0 spiro atoms. The molecule has 3 aromatic carbocycles. The minimum Gasteiger partial charge on any atom is -0.497 e. The molecule has 31 heavy (non-hydrogen) atoms. The lowest BCUT2D eigenvalue weighted by Crippen LogP contribution is -2.37. The largest absolute Gasteiger partial charge is 0.497 e. The Morgan fingerprint density at radius 1 is 0.839 bits per heavy atom. The van der Waals surface area contributed by atoms with Crippen molar-refractivity contribution < 1.29 is 19.2 Å². The minimum atomic E-state index is -0.884. The van der Waals surface area contributed by atoms with Crippen LogP contribution in [0.15, 0.2) is 78.9 Å². The normalized spacial score (nSPS) is 22.7. The van der Waals surface area contributed by atoms with E-state index < -0.39 is 18.1 Å². The third-order valence-electron chi connectivity index (χ3n) is 5.86. The molecule has 156 valence electrons. The molecule has 5 rings (SSSR count). The highest BCUT2D eigenvalue weighted by molar-refractivity contribution is 6.24. The van der Waals surface area contributed by atoms with Crippen LogP contribution in [0.1, 0.15) is 17.2 Å². The first-order valence-corrected chi connectivity index (χ1v) is 10.2. The van der Waals surface area contributed by atoms with E-state index in [1.54, 1.807) is 36.4 Å². The number of carbonyl (C=O) groups excluding carboxylic acids is 2. The topological polar surface area (TPSA) is 59.1 Å². The number of hydrogen-bond acceptors (Lipinski definition) is 5. The summed E-state index contributed by atoms with van der Waals surface area (Å²) in [5.74, 6) is -0.704. The molecular weight excluding hydrogens is 392 g/mol. The molecule has 2 saturated heterocycles. The molecular formula is C25H22N2O4. The van der Waals surface area contributed by atoms with Gasteiger partial charge in [0.1, 0.15) is 11.7 Å². The van der Waals surface area contributed by atoms with Crippen LogP contribution in [0, 0.1) is 12.8 Å². The highest BCUT2D eigenvalue weighted by atomic mass is 16.7. The highest BCUT2D eigenvalue weighted by Crippen LogP contribution is 2.47. The maximum absolute atomic E-state index is 13.6.